The Kier molecular flexibility index (Phi) is 3.92. The number of hydrogen-bond donors (Lipinski definition) is 2. The zero-order valence-corrected chi connectivity index (χ0v) is 9.95. The first-order valence-corrected chi connectivity index (χ1v) is 5.65. The number of aromatic nitrogens is 1. The number of carboxylic acids is 1. The van der Waals surface area contributed by atoms with Crippen molar-refractivity contribution < 1.29 is 19.2 Å². The Morgan fingerprint density at radius 1 is 1.26 bits per heavy atom. The van der Waals surface area contributed by atoms with Crippen molar-refractivity contribution in [2.75, 3.05) is 0 Å². The van der Waals surface area contributed by atoms with Crippen LogP contribution in [0, 0.1) is 0 Å². The molecule has 0 bridgehead atoms. The molecule has 0 radical (unpaired) electrons. The fourth-order valence-corrected chi connectivity index (χ4v) is 1.61. The summed E-state index contributed by atoms with van der Waals surface area (Å²) in [6.07, 6.45) is 1.46. The Hall–Kier alpha value is -2.63. The second-order valence-electron chi connectivity index (χ2n) is 3.94. The van der Waals surface area contributed by atoms with Crippen molar-refractivity contribution in [3.8, 4) is 0 Å². The lowest BCUT2D eigenvalue weighted by Gasteiger charge is -2.13. The van der Waals surface area contributed by atoms with Gasteiger partial charge >= 0.3 is 5.97 Å². The minimum atomic E-state index is -1.10. The summed E-state index contributed by atoms with van der Waals surface area (Å²) in [5.41, 5.74) is 0.884. The van der Waals surface area contributed by atoms with Crippen molar-refractivity contribution in [2.24, 2.45) is 0 Å². The van der Waals surface area contributed by atoms with Crippen LogP contribution < -0.4 is 5.32 Å². The van der Waals surface area contributed by atoms with Crippen molar-refractivity contribution in [2.45, 2.75) is 12.5 Å². The van der Waals surface area contributed by atoms with E-state index in [1.807, 2.05) is 18.2 Å². The number of amides is 1. The van der Waals surface area contributed by atoms with Gasteiger partial charge in [-0.05, 0) is 5.56 Å². The summed E-state index contributed by atoms with van der Waals surface area (Å²) in [7, 11) is 0. The number of benzene rings is 1. The fraction of sp³-hybridized carbons (Fsp3) is 0.154. The summed E-state index contributed by atoms with van der Waals surface area (Å²) < 4.78 is 4.54. The lowest BCUT2D eigenvalue weighted by atomic mass is 10.1. The molecule has 1 aromatic heterocycles. The van der Waals surface area contributed by atoms with E-state index in [1.54, 1.807) is 12.1 Å². The van der Waals surface area contributed by atoms with Gasteiger partial charge in [-0.25, -0.2) is 4.79 Å². The van der Waals surface area contributed by atoms with Gasteiger partial charge in [-0.1, -0.05) is 35.5 Å². The number of aliphatic carboxylic acids is 1. The smallest absolute Gasteiger partial charge is 0.326 e. The first kappa shape index (κ1) is 12.8. The largest absolute Gasteiger partial charge is 0.480 e. The molecule has 0 fully saturated rings. The van der Waals surface area contributed by atoms with E-state index >= 15 is 0 Å². The van der Waals surface area contributed by atoms with Gasteiger partial charge in [0.1, 0.15) is 12.3 Å². The van der Waals surface area contributed by atoms with Crippen molar-refractivity contribution in [3.63, 3.8) is 0 Å². The van der Waals surface area contributed by atoms with Gasteiger partial charge in [-0.15, -0.1) is 0 Å². The molecule has 2 N–H and O–H groups in total. The number of carbonyl (C=O) groups is 2. The van der Waals surface area contributed by atoms with Crippen LogP contribution in [0.2, 0.25) is 0 Å². The van der Waals surface area contributed by atoms with Crippen molar-refractivity contribution in [1.82, 2.24) is 10.5 Å². The highest BCUT2D eigenvalue weighted by atomic mass is 16.5. The molecule has 19 heavy (non-hydrogen) atoms. The van der Waals surface area contributed by atoms with Gasteiger partial charge in [0, 0.05) is 12.5 Å². The highest BCUT2D eigenvalue weighted by molar-refractivity contribution is 5.94. The van der Waals surface area contributed by atoms with Crippen molar-refractivity contribution >= 4 is 11.9 Å². The van der Waals surface area contributed by atoms with E-state index in [9.17, 15) is 9.59 Å². The van der Waals surface area contributed by atoms with E-state index in [0.717, 1.165) is 5.56 Å². The Morgan fingerprint density at radius 2 is 2.00 bits per heavy atom. The summed E-state index contributed by atoms with van der Waals surface area (Å²) in [6.45, 7) is 0. The summed E-state index contributed by atoms with van der Waals surface area (Å²) in [5.74, 6) is -1.67. The maximum Gasteiger partial charge on any atom is 0.326 e. The average Bonchev–Trinajstić information content (AvgIpc) is 2.93. The van der Waals surface area contributed by atoms with Crippen LogP contribution in [0.25, 0.3) is 0 Å². The summed E-state index contributed by atoms with van der Waals surface area (Å²) >= 11 is 0. The highest BCUT2D eigenvalue weighted by Crippen LogP contribution is 2.04. The number of hydrogen-bond acceptors (Lipinski definition) is 4. The molecule has 1 aromatic carbocycles. The minimum absolute atomic E-state index is 0.0549. The van der Waals surface area contributed by atoms with E-state index in [-0.39, 0.29) is 12.1 Å². The van der Waals surface area contributed by atoms with Crippen LogP contribution in [0.3, 0.4) is 0 Å². The summed E-state index contributed by atoms with van der Waals surface area (Å²) in [6, 6.07) is 9.44. The molecular weight excluding hydrogens is 248 g/mol. The Bertz CT molecular complexity index is 551. The fourth-order valence-electron chi connectivity index (χ4n) is 1.61. The predicted molar refractivity (Wildman–Crippen MR) is 65.5 cm³/mol. The molecule has 0 aliphatic carbocycles. The lowest BCUT2D eigenvalue weighted by molar-refractivity contribution is -0.139. The van der Waals surface area contributed by atoms with Crippen LogP contribution in [-0.2, 0) is 11.2 Å². The van der Waals surface area contributed by atoms with Gasteiger partial charge in [0.05, 0.1) is 0 Å². The quantitative estimate of drug-likeness (QED) is 0.839. The van der Waals surface area contributed by atoms with Crippen LogP contribution in [-0.4, -0.2) is 28.2 Å². The first-order valence-electron chi connectivity index (χ1n) is 5.65. The monoisotopic (exact) mass is 260 g/mol. The van der Waals surface area contributed by atoms with Gasteiger partial charge in [-0.2, -0.15) is 0 Å². The van der Waals surface area contributed by atoms with E-state index < -0.39 is 17.9 Å². The summed E-state index contributed by atoms with van der Waals surface area (Å²) in [5, 5.41) is 15.0. The highest BCUT2D eigenvalue weighted by Gasteiger charge is 2.22. The second kappa shape index (κ2) is 5.81. The molecule has 0 aliphatic heterocycles. The summed E-state index contributed by atoms with van der Waals surface area (Å²) in [4.78, 5) is 22.9. The Labute approximate surface area is 109 Å². The molecule has 6 heteroatoms. The molecule has 1 heterocycles. The van der Waals surface area contributed by atoms with Crippen LogP contribution in [0.1, 0.15) is 16.1 Å². The lowest BCUT2D eigenvalue weighted by Crippen LogP contribution is -2.42. The molecule has 1 amide bonds. The third-order valence-corrected chi connectivity index (χ3v) is 2.56. The Balaban J connectivity index is 2.05. The number of carbonyl (C=O) groups excluding carboxylic acids is 1. The van der Waals surface area contributed by atoms with Crippen molar-refractivity contribution in [1.29, 1.82) is 0 Å². The number of carboxylic acid groups (broad SMARTS) is 1. The second-order valence-corrected chi connectivity index (χ2v) is 3.94. The molecular formula is C13H12N2O4. The molecule has 2 aromatic rings. The normalized spacial score (nSPS) is 11.8. The Morgan fingerprint density at radius 3 is 2.58 bits per heavy atom. The molecule has 6 nitrogen and oxygen atoms in total. The molecule has 0 saturated carbocycles. The van der Waals surface area contributed by atoms with Crippen LogP contribution in [0.15, 0.2) is 47.2 Å². The zero-order valence-electron chi connectivity index (χ0n) is 9.95. The van der Waals surface area contributed by atoms with Gasteiger partial charge in [0.15, 0.2) is 5.69 Å². The molecule has 0 spiro atoms. The van der Waals surface area contributed by atoms with E-state index in [4.69, 9.17) is 5.11 Å². The van der Waals surface area contributed by atoms with Gasteiger partial charge < -0.3 is 14.9 Å². The predicted octanol–water partition coefficient (Wildman–Crippen LogP) is 1.10. The topological polar surface area (TPSA) is 92.4 Å². The zero-order chi connectivity index (χ0) is 13.7. The first-order chi connectivity index (χ1) is 9.16. The van der Waals surface area contributed by atoms with E-state index in [1.165, 1.54) is 12.3 Å². The SMILES string of the molecule is O=C(NC(Cc1ccccc1)C(=O)O)c1ccon1. The van der Waals surface area contributed by atoms with Crippen LogP contribution >= 0.6 is 0 Å². The number of rotatable bonds is 5. The van der Waals surface area contributed by atoms with E-state index in [2.05, 4.69) is 15.0 Å². The third kappa shape index (κ3) is 3.41. The average molecular weight is 260 g/mol. The van der Waals surface area contributed by atoms with Gasteiger partial charge in [0.2, 0.25) is 0 Å². The van der Waals surface area contributed by atoms with Gasteiger partial charge in [0.25, 0.3) is 5.91 Å². The molecule has 2 rings (SSSR count). The third-order valence-electron chi connectivity index (χ3n) is 2.56. The van der Waals surface area contributed by atoms with Gasteiger partial charge in [-0.3, -0.25) is 4.79 Å². The maximum absolute atomic E-state index is 11.7. The van der Waals surface area contributed by atoms with Crippen LogP contribution in [0.4, 0.5) is 0 Å². The number of nitrogens with zero attached hydrogens (tertiary/aromatic N) is 1. The molecule has 1 unspecified atom stereocenters. The maximum atomic E-state index is 11.7. The molecule has 1 atom stereocenters. The number of nitrogens with one attached hydrogen (secondary N) is 1. The molecule has 98 valence electrons. The van der Waals surface area contributed by atoms with E-state index in [0.29, 0.717) is 0 Å². The molecule has 0 saturated heterocycles. The van der Waals surface area contributed by atoms with Crippen LogP contribution in [0.5, 0.6) is 0 Å². The van der Waals surface area contributed by atoms with Crippen molar-refractivity contribution in [3.05, 3.63) is 53.9 Å². The molecule has 0 aliphatic rings. The standard InChI is InChI=1S/C13H12N2O4/c16-12(10-6-7-19-15-10)14-11(13(17)18)8-9-4-2-1-3-5-9/h1-7,11H,8H2,(H,14,16)(H,17,18). The minimum Gasteiger partial charge on any atom is -0.480 e.